The first-order valence-electron chi connectivity index (χ1n) is 9.65. The first-order chi connectivity index (χ1) is 13.0. The number of carbonyl (C=O) groups excluding carboxylic acids is 3. The summed E-state index contributed by atoms with van der Waals surface area (Å²) in [6, 6.07) is -0.570. The molecule has 1 saturated carbocycles. The smallest absolute Gasteiger partial charge is 0.243 e. The van der Waals surface area contributed by atoms with Crippen molar-refractivity contribution in [2.45, 2.75) is 70.0 Å². The molecule has 146 valence electrons. The molecule has 2 heterocycles. The predicted molar refractivity (Wildman–Crippen MR) is 98.5 cm³/mol. The highest BCUT2D eigenvalue weighted by molar-refractivity contribution is 5.87. The second-order valence-electron chi connectivity index (χ2n) is 7.37. The van der Waals surface area contributed by atoms with Crippen LogP contribution in [0.3, 0.4) is 0 Å². The van der Waals surface area contributed by atoms with Crippen LogP contribution in [0.2, 0.25) is 0 Å². The van der Waals surface area contributed by atoms with Crippen LogP contribution >= 0.6 is 0 Å². The van der Waals surface area contributed by atoms with Gasteiger partial charge in [0.05, 0.1) is 6.42 Å². The molecule has 27 heavy (non-hydrogen) atoms. The van der Waals surface area contributed by atoms with Crippen molar-refractivity contribution in [3.63, 3.8) is 0 Å². The molecule has 2 aliphatic rings. The number of nitrogens with one attached hydrogen (secondary N) is 2. The SMILES string of the molecule is CC(=O)N1CCCCC1C(=O)N[C@H]1CCC[C@H]1NC(=O)Cc1cncnc1. The third-order valence-corrected chi connectivity index (χ3v) is 5.38. The highest BCUT2D eigenvalue weighted by Crippen LogP contribution is 2.22. The second kappa shape index (κ2) is 8.92. The van der Waals surface area contributed by atoms with Crippen molar-refractivity contribution in [1.29, 1.82) is 0 Å². The Morgan fingerprint density at radius 3 is 2.44 bits per heavy atom. The number of amides is 3. The summed E-state index contributed by atoms with van der Waals surface area (Å²) >= 11 is 0. The second-order valence-corrected chi connectivity index (χ2v) is 7.37. The summed E-state index contributed by atoms with van der Waals surface area (Å²) in [7, 11) is 0. The van der Waals surface area contributed by atoms with Crippen LogP contribution in [-0.2, 0) is 20.8 Å². The van der Waals surface area contributed by atoms with E-state index in [2.05, 4.69) is 20.6 Å². The molecule has 8 nitrogen and oxygen atoms in total. The van der Waals surface area contributed by atoms with Gasteiger partial charge in [-0.05, 0) is 44.1 Å². The average Bonchev–Trinajstić information content (AvgIpc) is 3.08. The first kappa shape index (κ1) is 19.3. The Morgan fingerprint density at radius 2 is 1.74 bits per heavy atom. The van der Waals surface area contributed by atoms with Gasteiger partial charge in [-0.3, -0.25) is 14.4 Å². The molecule has 0 spiro atoms. The third-order valence-electron chi connectivity index (χ3n) is 5.38. The molecule has 2 fully saturated rings. The van der Waals surface area contributed by atoms with E-state index >= 15 is 0 Å². The molecular formula is C19H27N5O3. The summed E-state index contributed by atoms with van der Waals surface area (Å²) in [4.78, 5) is 46.4. The molecule has 1 aliphatic heterocycles. The lowest BCUT2D eigenvalue weighted by Gasteiger charge is -2.35. The minimum atomic E-state index is -0.394. The number of aromatic nitrogens is 2. The molecule has 0 aromatic carbocycles. The molecule has 3 amide bonds. The van der Waals surface area contributed by atoms with Gasteiger partial charge in [-0.1, -0.05) is 0 Å². The number of carbonyl (C=O) groups is 3. The van der Waals surface area contributed by atoms with Gasteiger partial charge in [0.15, 0.2) is 0 Å². The predicted octanol–water partition coefficient (Wildman–Crippen LogP) is 0.574. The summed E-state index contributed by atoms with van der Waals surface area (Å²) in [5.74, 6) is -0.261. The lowest BCUT2D eigenvalue weighted by Crippen LogP contribution is -2.56. The van der Waals surface area contributed by atoms with Crippen LogP contribution in [-0.4, -0.2) is 57.3 Å². The van der Waals surface area contributed by atoms with Gasteiger partial charge in [0.2, 0.25) is 17.7 Å². The maximum Gasteiger partial charge on any atom is 0.243 e. The number of likely N-dealkylation sites (tertiary alicyclic amines) is 1. The zero-order valence-corrected chi connectivity index (χ0v) is 15.7. The van der Waals surface area contributed by atoms with Gasteiger partial charge >= 0.3 is 0 Å². The first-order valence-corrected chi connectivity index (χ1v) is 9.65. The minimum Gasteiger partial charge on any atom is -0.351 e. The largest absolute Gasteiger partial charge is 0.351 e. The molecule has 3 rings (SSSR count). The van der Waals surface area contributed by atoms with E-state index in [1.165, 1.54) is 13.3 Å². The fourth-order valence-electron chi connectivity index (χ4n) is 4.03. The summed E-state index contributed by atoms with van der Waals surface area (Å²) in [6.45, 7) is 2.15. The maximum atomic E-state index is 12.8. The van der Waals surface area contributed by atoms with Crippen LogP contribution in [0.25, 0.3) is 0 Å². The lowest BCUT2D eigenvalue weighted by atomic mass is 10.0. The minimum absolute atomic E-state index is 0.0591. The van der Waals surface area contributed by atoms with Gasteiger partial charge in [-0.15, -0.1) is 0 Å². The number of nitrogens with zero attached hydrogens (tertiary/aromatic N) is 3. The molecule has 0 bridgehead atoms. The van der Waals surface area contributed by atoms with Gasteiger partial charge in [-0.25, -0.2) is 9.97 Å². The van der Waals surface area contributed by atoms with E-state index in [9.17, 15) is 14.4 Å². The van der Waals surface area contributed by atoms with E-state index in [1.54, 1.807) is 17.3 Å². The Balaban J connectivity index is 1.55. The van der Waals surface area contributed by atoms with Crippen molar-refractivity contribution < 1.29 is 14.4 Å². The normalized spacial score (nSPS) is 25.1. The zero-order chi connectivity index (χ0) is 19.2. The van der Waals surface area contributed by atoms with Crippen molar-refractivity contribution in [2.24, 2.45) is 0 Å². The van der Waals surface area contributed by atoms with Gasteiger partial charge in [-0.2, -0.15) is 0 Å². The van der Waals surface area contributed by atoms with Crippen LogP contribution in [0.4, 0.5) is 0 Å². The third kappa shape index (κ3) is 5.02. The van der Waals surface area contributed by atoms with Gasteiger partial charge in [0.25, 0.3) is 0 Å². The molecule has 0 radical (unpaired) electrons. The van der Waals surface area contributed by atoms with E-state index in [4.69, 9.17) is 0 Å². The van der Waals surface area contributed by atoms with Gasteiger partial charge < -0.3 is 15.5 Å². The van der Waals surface area contributed by atoms with Crippen LogP contribution in [0, 0.1) is 0 Å². The van der Waals surface area contributed by atoms with Crippen molar-refractivity contribution in [3.8, 4) is 0 Å². The van der Waals surface area contributed by atoms with E-state index in [0.717, 1.165) is 37.7 Å². The van der Waals surface area contributed by atoms with Crippen LogP contribution in [0.5, 0.6) is 0 Å². The summed E-state index contributed by atoms with van der Waals surface area (Å²) in [5, 5.41) is 6.11. The van der Waals surface area contributed by atoms with Crippen molar-refractivity contribution in [2.75, 3.05) is 6.54 Å². The molecule has 1 aliphatic carbocycles. The highest BCUT2D eigenvalue weighted by Gasteiger charge is 2.35. The summed E-state index contributed by atoms with van der Waals surface area (Å²) < 4.78 is 0. The number of piperidine rings is 1. The average molecular weight is 373 g/mol. The summed E-state index contributed by atoms with van der Waals surface area (Å²) in [5.41, 5.74) is 0.757. The van der Waals surface area contributed by atoms with E-state index in [0.29, 0.717) is 13.0 Å². The molecule has 1 aromatic heterocycles. The Bertz CT molecular complexity index is 681. The fraction of sp³-hybridized carbons (Fsp3) is 0.632. The van der Waals surface area contributed by atoms with E-state index in [1.807, 2.05) is 0 Å². The molecule has 1 saturated heterocycles. The summed E-state index contributed by atoms with van der Waals surface area (Å²) in [6.07, 6.45) is 10.1. The monoisotopic (exact) mass is 373 g/mol. The molecule has 8 heteroatoms. The maximum absolute atomic E-state index is 12.8. The van der Waals surface area contributed by atoms with E-state index in [-0.39, 0.29) is 36.2 Å². The van der Waals surface area contributed by atoms with Crippen LogP contribution < -0.4 is 10.6 Å². The highest BCUT2D eigenvalue weighted by atomic mass is 16.2. The number of hydrogen-bond acceptors (Lipinski definition) is 5. The quantitative estimate of drug-likeness (QED) is 0.785. The number of rotatable bonds is 5. The Labute approximate surface area is 159 Å². The fourth-order valence-corrected chi connectivity index (χ4v) is 4.03. The molecule has 1 unspecified atom stereocenters. The number of hydrogen-bond donors (Lipinski definition) is 2. The Morgan fingerprint density at radius 1 is 1.04 bits per heavy atom. The van der Waals surface area contributed by atoms with Crippen LogP contribution in [0.15, 0.2) is 18.7 Å². The molecule has 2 N–H and O–H groups in total. The molecule has 1 aromatic rings. The van der Waals surface area contributed by atoms with Crippen molar-refractivity contribution in [3.05, 3.63) is 24.3 Å². The van der Waals surface area contributed by atoms with Crippen molar-refractivity contribution >= 4 is 17.7 Å². The van der Waals surface area contributed by atoms with E-state index < -0.39 is 6.04 Å². The Hall–Kier alpha value is -2.51. The lowest BCUT2D eigenvalue weighted by molar-refractivity contribution is -0.141. The van der Waals surface area contributed by atoms with Crippen LogP contribution in [0.1, 0.15) is 51.0 Å². The van der Waals surface area contributed by atoms with Crippen molar-refractivity contribution in [1.82, 2.24) is 25.5 Å². The van der Waals surface area contributed by atoms with Gasteiger partial charge in [0, 0.05) is 37.9 Å². The standard InChI is InChI=1S/C19H27N5O3/c1-13(25)24-8-3-2-7-17(24)19(27)23-16-6-4-5-15(16)22-18(26)9-14-10-20-12-21-11-14/h10-12,15-17H,2-9H2,1H3,(H,22,26)(H,23,27)/t15-,16+,17?/m1/s1. The topological polar surface area (TPSA) is 104 Å². The van der Waals surface area contributed by atoms with Gasteiger partial charge in [0.1, 0.15) is 12.4 Å². The molecular weight excluding hydrogens is 346 g/mol. The zero-order valence-electron chi connectivity index (χ0n) is 15.7. The Kier molecular flexibility index (Phi) is 6.36. The molecule has 3 atom stereocenters.